The minimum Gasteiger partial charge on any atom is -0.329 e. The Kier molecular flexibility index (Phi) is 5.62. The van der Waals surface area contributed by atoms with Crippen LogP contribution in [0.2, 0.25) is 0 Å². The third-order valence-corrected chi connectivity index (χ3v) is 6.21. The molecule has 1 aliphatic rings. The third kappa shape index (κ3) is 3.25. The SMILES string of the molecule is CCCN(C1(CN)CCC(C)CC1)S(=O)(=O)CC. The van der Waals surface area contributed by atoms with Crippen molar-refractivity contribution in [2.45, 2.75) is 58.4 Å². The van der Waals surface area contributed by atoms with Crippen LogP contribution in [0.25, 0.3) is 0 Å². The lowest BCUT2D eigenvalue weighted by atomic mass is 9.77. The maximum Gasteiger partial charge on any atom is 0.214 e. The van der Waals surface area contributed by atoms with Crippen LogP contribution >= 0.6 is 0 Å². The molecule has 5 heteroatoms. The highest BCUT2D eigenvalue weighted by Gasteiger charge is 2.43. The first-order valence-electron chi connectivity index (χ1n) is 7.12. The largest absolute Gasteiger partial charge is 0.329 e. The van der Waals surface area contributed by atoms with E-state index < -0.39 is 10.0 Å². The van der Waals surface area contributed by atoms with Crippen LogP contribution in [0.1, 0.15) is 52.9 Å². The van der Waals surface area contributed by atoms with Crippen LogP contribution in [-0.4, -0.2) is 37.1 Å². The summed E-state index contributed by atoms with van der Waals surface area (Å²) in [6.07, 6.45) is 4.82. The summed E-state index contributed by atoms with van der Waals surface area (Å²) < 4.78 is 26.3. The van der Waals surface area contributed by atoms with Crippen molar-refractivity contribution < 1.29 is 8.42 Å². The van der Waals surface area contributed by atoms with Crippen molar-refractivity contribution in [3.8, 4) is 0 Å². The molecule has 0 aliphatic heterocycles. The number of nitrogens with two attached hydrogens (primary N) is 1. The van der Waals surface area contributed by atoms with Gasteiger partial charge in [0.15, 0.2) is 0 Å². The fourth-order valence-corrected chi connectivity index (χ4v) is 4.50. The topological polar surface area (TPSA) is 63.4 Å². The Hall–Kier alpha value is -0.130. The second-order valence-corrected chi connectivity index (χ2v) is 7.77. The first-order chi connectivity index (χ1) is 8.41. The molecule has 108 valence electrons. The molecular weight excluding hydrogens is 248 g/mol. The van der Waals surface area contributed by atoms with Gasteiger partial charge in [0.1, 0.15) is 0 Å². The number of hydrogen-bond donors (Lipinski definition) is 1. The third-order valence-electron chi connectivity index (χ3n) is 4.24. The van der Waals surface area contributed by atoms with E-state index in [-0.39, 0.29) is 11.3 Å². The second-order valence-electron chi connectivity index (χ2n) is 5.58. The van der Waals surface area contributed by atoms with E-state index in [4.69, 9.17) is 5.73 Å². The minimum absolute atomic E-state index is 0.171. The maximum absolute atomic E-state index is 12.3. The van der Waals surface area contributed by atoms with E-state index in [1.165, 1.54) is 0 Å². The monoisotopic (exact) mass is 276 g/mol. The van der Waals surface area contributed by atoms with Gasteiger partial charge in [-0.25, -0.2) is 8.42 Å². The normalized spacial score (nSPS) is 29.7. The van der Waals surface area contributed by atoms with Crippen LogP contribution in [0.3, 0.4) is 0 Å². The molecule has 0 aromatic rings. The first kappa shape index (κ1) is 15.9. The Morgan fingerprint density at radius 1 is 1.28 bits per heavy atom. The summed E-state index contributed by atoms with van der Waals surface area (Å²) in [4.78, 5) is 0. The molecule has 1 rings (SSSR count). The summed E-state index contributed by atoms with van der Waals surface area (Å²) in [5.74, 6) is 0.863. The summed E-state index contributed by atoms with van der Waals surface area (Å²) in [5.41, 5.74) is 5.64. The van der Waals surface area contributed by atoms with Gasteiger partial charge in [-0.2, -0.15) is 4.31 Å². The van der Waals surface area contributed by atoms with E-state index in [1.54, 1.807) is 11.2 Å². The number of nitrogens with zero attached hydrogens (tertiary/aromatic N) is 1. The molecule has 1 aliphatic carbocycles. The van der Waals surface area contributed by atoms with E-state index in [9.17, 15) is 8.42 Å². The van der Waals surface area contributed by atoms with Gasteiger partial charge in [-0.05, 0) is 44.9 Å². The van der Waals surface area contributed by atoms with Crippen LogP contribution in [0.4, 0.5) is 0 Å². The van der Waals surface area contributed by atoms with Gasteiger partial charge >= 0.3 is 0 Å². The first-order valence-corrected chi connectivity index (χ1v) is 8.73. The Balaban J connectivity index is 3.01. The van der Waals surface area contributed by atoms with Crippen molar-refractivity contribution in [1.29, 1.82) is 0 Å². The quantitative estimate of drug-likeness (QED) is 0.806. The fraction of sp³-hybridized carbons (Fsp3) is 1.00. The zero-order chi connectivity index (χ0) is 13.8. The van der Waals surface area contributed by atoms with E-state index >= 15 is 0 Å². The molecule has 0 amide bonds. The molecule has 0 aromatic heterocycles. The van der Waals surface area contributed by atoms with Gasteiger partial charge < -0.3 is 5.73 Å². The van der Waals surface area contributed by atoms with Gasteiger partial charge in [0, 0.05) is 18.6 Å². The van der Waals surface area contributed by atoms with Crippen molar-refractivity contribution in [1.82, 2.24) is 4.31 Å². The summed E-state index contributed by atoms with van der Waals surface area (Å²) in [6.45, 7) is 7.02. The smallest absolute Gasteiger partial charge is 0.214 e. The highest BCUT2D eigenvalue weighted by Crippen LogP contribution is 2.37. The molecule has 1 fully saturated rings. The summed E-state index contributed by atoms with van der Waals surface area (Å²) in [7, 11) is -3.16. The van der Waals surface area contributed by atoms with E-state index in [1.807, 2.05) is 6.92 Å². The van der Waals surface area contributed by atoms with Crippen LogP contribution in [0, 0.1) is 5.92 Å². The van der Waals surface area contributed by atoms with Crippen LogP contribution in [0.5, 0.6) is 0 Å². The van der Waals surface area contributed by atoms with Crippen LogP contribution < -0.4 is 5.73 Å². The Bertz CT molecular complexity index is 346. The molecule has 0 saturated heterocycles. The summed E-state index contributed by atoms with van der Waals surface area (Å²) >= 11 is 0. The average Bonchev–Trinajstić information content (AvgIpc) is 2.37. The molecule has 0 spiro atoms. The molecule has 4 nitrogen and oxygen atoms in total. The molecule has 0 aromatic carbocycles. The predicted molar refractivity (Wildman–Crippen MR) is 75.9 cm³/mol. The zero-order valence-electron chi connectivity index (χ0n) is 12.0. The lowest BCUT2D eigenvalue weighted by Gasteiger charge is -2.46. The van der Waals surface area contributed by atoms with Gasteiger partial charge in [-0.1, -0.05) is 13.8 Å². The summed E-state index contributed by atoms with van der Waals surface area (Å²) in [5, 5.41) is 0. The number of sulfonamides is 1. The van der Waals surface area contributed by atoms with Crippen molar-refractivity contribution >= 4 is 10.0 Å². The molecular formula is C13H28N2O2S. The molecule has 0 atom stereocenters. The molecule has 0 unspecified atom stereocenters. The Morgan fingerprint density at radius 2 is 1.83 bits per heavy atom. The average molecular weight is 276 g/mol. The molecule has 1 saturated carbocycles. The van der Waals surface area contributed by atoms with Gasteiger partial charge in [-0.3, -0.25) is 0 Å². The van der Waals surface area contributed by atoms with Crippen LogP contribution in [-0.2, 0) is 10.0 Å². The molecule has 2 N–H and O–H groups in total. The Morgan fingerprint density at radius 3 is 2.22 bits per heavy atom. The molecule has 0 heterocycles. The van der Waals surface area contributed by atoms with Gasteiger partial charge in [-0.15, -0.1) is 0 Å². The lowest BCUT2D eigenvalue weighted by molar-refractivity contribution is 0.116. The Labute approximate surface area is 112 Å². The highest BCUT2D eigenvalue weighted by molar-refractivity contribution is 7.89. The zero-order valence-corrected chi connectivity index (χ0v) is 12.8. The molecule has 0 bridgehead atoms. The van der Waals surface area contributed by atoms with Crippen molar-refractivity contribution in [2.75, 3.05) is 18.8 Å². The van der Waals surface area contributed by atoms with E-state index in [0.29, 0.717) is 19.0 Å². The predicted octanol–water partition coefficient (Wildman–Crippen LogP) is 1.96. The minimum atomic E-state index is -3.16. The van der Waals surface area contributed by atoms with E-state index in [0.717, 1.165) is 32.1 Å². The van der Waals surface area contributed by atoms with Gasteiger partial charge in [0.25, 0.3) is 0 Å². The second kappa shape index (κ2) is 6.35. The van der Waals surface area contributed by atoms with Crippen molar-refractivity contribution in [3.05, 3.63) is 0 Å². The molecule has 18 heavy (non-hydrogen) atoms. The standard InChI is InChI=1S/C13H28N2O2S/c1-4-10-15(18(16,17)5-2)13(11-14)8-6-12(3)7-9-13/h12H,4-11,14H2,1-3H3. The number of rotatable bonds is 6. The fourth-order valence-electron chi connectivity index (χ4n) is 2.89. The maximum atomic E-state index is 12.3. The molecule has 0 radical (unpaired) electrons. The highest BCUT2D eigenvalue weighted by atomic mass is 32.2. The van der Waals surface area contributed by atoms with Gasteiger partial charge in [0.05, 0.1) is 5.75 Å². The lowest BCUT2D eigenvalue weighted by Crippen LogP contribution is -2.58. The van der Waals surface area contributed by atoms with Crippen molar-refractivity contribution in [2.24, 2.45) is 11.7 Å². The summed E-state index contributed by atoms with van der Waals surface area (Å²) in [6, 6.07) is 0. The van der Waals surface area contributed by atoms with Crippen LogP contribution in [0.15, 0.2) is 0 Å². The number of hydrogen-bond acceptors (Lipinski definition) is 3. The van der Waals surface area contributed by atoms with Gasteiger partial charge in [0.2, 0.25) is 10.0 Å². The van der Waals surface area contributed by atoms with E-state index in [2.05, 4.69) is 6.92 Å². The van der Waals surface area contributed by atoms with Crippen molar-refractivity contribution in [3.63, 3.8) is 0 Å².